The Kier molecular flexibility index (Phi) is 3.96. The first-order valence-corrected chi connectivity index (χ1v) is 6.07. The van der Waals surface area contributed by atoms with E-state index in [1.807, 2.05) is 24.3 Å². The van der Waals surface area contributed by atoms with E-state index in [-0.39, 0.29) is 5.95 Å². The fraction of sp³-hybridized carbons (Fsp3) is 0.0909. The number of rotatable bonds is 4. The molecule has 0 atom stereocenters. The molecule has 2 aromatic rings. The van der Waals surface area contributed by atoms with Crippen molar-refractivity contribution >= 4 is 33.5 Å². The van der Waals surface area contributed by atoms with Gasteiger partial charge in [-0.05, 0) is 11.6 Å². The molecule has 0 spiro atoms. The van der Waals surface area contributed by atoms with Gasteiger partial charge in [0.05, 0.1) is 0 Å². The van der Waals surface area contributed by atoms with Gasteiger partial charge in [0.25, 0.3) is 0 Å². The third-order valence-corrected chi connectivity index (χ3v) is 3.08. The van der Waals surface area contributed by atoms with Crippen LogP contribution in [0.5, 0.6) is 0 Å². The summed E-state index contributed by atoms with van der Waals surface area (Å²) in [6.45, 7) is 0.627. The number of halogens is 1. The fourth-order valence-electron chi connectivity index (χ4n) is 1.46. The summed E-state index contributed by atoms with van der Waals surface area (Å²) in [7, 11) is 0. The zero-order valence-electron chi connectivity index (χ0n) is 9.52. The molecule has 1 aromatic heterocycles. The molecule has 18 heavy (non-hydrogen) atoms. The number of benzene rings is 1. The van der Waals surface area contributed by atoms with Crippen molar-refractivity contribution in [2.75, 3.05) is 16.5 Å². The number of nitrogens with one attached hydrogen (secondary N) is 2. The zero-order valence-corrected chi connectivity index (χ0v) is 11.1. The van der Waals surface area contributed by atoms with Crippen molar-refractivity contribution in [2.24, 2.45) is 5.84 Å². The van der Waals surface area contributed by atoms with Crippen LogP contribution in [0.15, 0.2) is 34.8 Å². The van der Waals surface area contributed by atoms with E-state index in [9.17, 15) is 0 Å². The summed E-state index contributed by atoms with van der Waals surface area (Å²) in [5, 5.41) is 3.16. The summed E-state index contributed by atoms with van der Waals surface area (Å²) < 4.78 is 1.04. The average molecular weight is 309 g/mol. The van der Waals surface area contributed by atoms with Gasteiger partial charge >= 0.3 is 0 Å². The minimum atomic E-state index is 0.167. The molecule has 0 saturated heterocycles. The Labute approximate surface area is 113 Å². The topological polar surface area (TPSA) is 102 Å². The van der Waals surface area contributed by atoms with Crippen molar-refractivity contribution in [3.05, 3.63) is 40.4 Å². The number of nitrogens with zero attached hydrogens (tertiary/aromatic N) is 2. The van der Waals surface area contributed by atoms with Gasteiger partial charge in [-0.2, -0.15) is 9.97 Å². The van der Waals surface area contributed by atoms with Crippen molar-refractivity contribution in [2.45, 2.75) is 6.54 Å². The highest BCUT2D eigenvalue weighted by atomic mass is 79.9. The number of nitrogen functional groups attached to an aromatic ring is 2. The van der Waals surface area contributed by atoms with Crippen LogP contribution in [0.4, 0.5) is 17.6 Å². The molecule has 0 fully saturated rings. The molecule has 0 aliphatic heterocycles. The molecular weight excluding hydrogens is 296 g/mol. The van der Waals surface area contributed by atoms with E-state index in [0.717, 1.165) is 10.0 Å². The molecule has 0 aliphatic carbocycles. The Hall–Kier alpha value is -1.86. The molecule has 0 amide bonds. The van der Waals surface area contributed by atoms with Crippen LogP contribution < -0.4 is 22.3 Å². The Bertz CT molecular complexity index is 545. The Balaban J connectivity index is 2.11. The molecule has 0 bridgehead atoms. The van der Waals surface area contributed by atoms with E-state index in [0.29, 0.717) is 18.2 Å². The van der Waals surface area contributed by atoms with E-state index in [4.69, 9.17) is 11.6 Å². The van der Waals surface area contributed by atoms with Crippen molar-refractivity contribution < 1.29 is 0 Å². The number of nitrogens with two attached hydrogens (primary N) is 2. The first-order chi connectivity index (χ1) is 8.69. The summed E-state index contributed by atoms with van der Waals surface area (Å²) in [5.74, 6) is 6.54. The third-order valence-electron chi connectivity index (χ3n) is 2.31. The Morgan fingerprint density at radius 2 is 1.89 bits per heavy atom. The maximum absolute atomic E-state index is 5.57. The molecule has 2 rings (SSSR count). The van der Waals surface area contributed by atoms with Gasteiger partial charge in [-0.3, -0.25) is 0 Å². The fourth-order valence-corrected chi connectivity index (χ4v) is 1.88. The lowest BCUT2D eigenvalue weighted by atomic mass is 10.2. The molecule has 94 valence electrons. The molecule has 0 aliphatic rings. The minimum Gasteiger partial charge on any atom is -0.368 e. The van der Waals surface area contributed by atoms with Gasteiger partial charge < -0.3 is 16.5 Å². The van der Waals surface area contributed by atoms with Crippen molar-refractivity contribution in [1.29, 1.82) is 0 Å². The first kappa shape index (κ1) is 12.6. The summed E-state index contributed by atoms with van der Waals surface area (Å²) in [4.78, 5) is 7.98. The largest absolute Gasteiger partial charge is 0.368 e. The average Bonchev–Trinajstić information content (AvgIpc) is 2.37. The van der Waals surface area contributed by atoms with Crippen LogP contribution in [0.2, 0.25) is 0 Å². The number of aromatic nitrogens is 2. The van der Waals surface area contributed by atoms with Crippen LogP contribution in [0.25, 0.3) is 0 Å². The predicted molar refractivity (Wildman–Crippen MR) is 75.7 cm³/mol. The highest BCUT2D eigenvalue weighted by Crippen LogP contribution is 2.18. The maximum Gasteiger partial charge on any atom is 0.223 e. The number of anilines is 3. The van der Waals surface area contributed by atoms with E-state index < -0.39 is 0 Å². The SMILES string of the molecule is NNc1cc(NCc2ccccc2Br)nc(N)n1. The Morgan fingerprint density at radius 3 is 2.61 bits per heavy atom. The summed E-state index contributed by atoms with van der Waals surface area (Å²) in [6, 6.07) is 9.63. The monoisotopic (exact) mass is 308 g/mol. The normalized spacial score (nSPS) is 10.1. The molecule has 1 aromatic carbocycles. The molecule has 7 heteroatoms. The standard InChI is InChI=1S/C11H13BrN6/c12-8-4-2-1-3-7(8)6-15-9-5-10(18-14)17-11(13)16-9/h1-5H,6,14H2,(H4,13,15,16,17,18). The van der Waals surface area contributed by atoms with Crippen LogP contribution in [0, 0.1) is 0 Å². The Morgan fingerprint density at radius 1 is 1.17 bits per heavy atom. The smallest absolute Gasteiger partial charge is 0.223 e. The van der Waals surface area contributed by atoms with E-state index in [2.05, 4.69) is 36.6 Å². The van der Waals surface area contributed by atoms with Crippen LogP contribution in [-0.2, 0) is 6.54 Å². The minimum absolute atomic E-state index is 0.167. The summed E-state index contributed by atoms with van der Waals surface area (Å²) >= 11 is 3.48. The van der Waals surface area contributed by atoms with Crippen LogP contribution in [0.1, 0.15) is 5.56 Å². The first-order valence-electron chi connectivity index (χ1n) is 5.27. The maximum atomic E-state index is 5.57. The lowest BCUT2D eigenvalue weighted by Crippen LogP contribution is -2.12. The van der Waals surface area contributed by atoms with Crippen molar-refractivity contribution in [3.63, 3.8) is 0 Å². The molecule has 0 radical (unpaired) electrons. The third kappa shape index (κ3) is 3.08. The second-order valence-corrected chi connectivity index (χ2v) is 4.44. The van der Waals surface area contributed by atoms with Crippen molar-refractivity contribution in [3.8, 4) is 0 Å². The number of hydrogen-bond donors (Lipinski definition) is 4. The van der Waals surface area contributed by atoms with Gasteiger partial charge in [-0.1, -0.05) is 34.1 Å². The number of hydrogen-bond acceptors (Lipinski definition) is 6. The lowest BCUT2D eigenvalue weighted by Gasteiger charge is -2.09. The van der Waals surface area contributed by atoms with E-state index in [1.165, 1.54) is 0 Å². The van der Waals surface area contributed by atoms with Gasteiger partial charge in [0.2, 0.25) is 5.95 Å². The second kappa shape index (κ2) is 5.65. The highest BCUT2D eigenvalue weighted by Gasteiger charge is 2.02. The second-order valence-electron chi connectivity index (χ2n) is 3.59. The zero-order chi connectivity index (χ0) is 13.0. The predicted octanol–water partition coefficient (Wildman–Crippen LogP) is 1.72. The molecule has 6 N–H and O–H groups in total. The molecular formula is C11H13BrN6. The van der Waals surface area contributed by atoms with Gasteiger partial charge in [-0.25, -0.2) is 5.84 Å². The number of hydrazine groups is 1. The van der Waals surface area contributed by atoms with Gasteiger partial charge in [0.1, 0.15) is 11.6 Å². The van der Waals surface area contributed by atoms with E-state index in [1.54, 1.807) is 6.07 Å². The molecule has 1 heterocycles. The summed E-state index contributed by atoms with van der Waals surface area (Å²) in [5.41, 5.74) is 9.13. The van der Waals surface area contributed by atoms with E-state index >= 15 is 0 Å². The van der Waals surface area contributed by atoms with Gasteiger partial charge in [0, 0.05) is 17.1 Å². The van der Waals surface area contributed by atoms with Gasteiger partial charge in [-0.15, -0.1) is 0 Å². The van der Waals surface area contributed by atoms with Gasteiger partial charge in [0.15, 0.2) is 0 Å². The molecule has 0 saturated carbocycles. The van der Waals surface area contributed by atoms with Crippen LogP contribution in [0.3, 0.4) is 0 Å². The van der Waals surface area contributed by atoms with Crippen LogP contribution in [-0.4, -0.2) is 9.97 Å². The van der Waals surface area contributed by atoms with Crippen LogP contribution >= 0.6 is 15.9 Å². The lowest BCUT2D eigenvalue weighted by molar-refractivity contribution is 1.08. The summed E-state index contributed by atoms with van der Waals surface area (Å²) in [6.07, 6.45) is 0. The highest BCUT2D eigenvalue weighted by molar-refractivity contribution is 9.10. The quantitative estimate of drug-likeness (QED) is 0.507. The van der Waals surface area contributed by atoms with Crippen molar-refractivity contribution in [1.82, 2.24) is 9.97 Å². The molecule has 6 nitrogen and oxygen atoms in total. The molecule has 0 unspecified atom stereocenters.